The molecule has 150 valence electrons. The number of nitrogens with zero attached hydrogens (tertiary/aromatic N) is 1. The zero-order chi connectivity index (χ0) is 20.9. The van der Waals surface area contributed by atoms with Crippen LogP contribution in [0, 0.1) is 11.3 Å². The molecule has 9 heteroatoms. The van der Waals surface area contributed by atoms with E-state index >= 15 is 0 Å². The normalized spacial score (nSPS) is 9.76. The van der Waals surface area contributed by atoms with E-state index < -0.39 is 24.4 Å². The number of benzene rings is 2. The van der Waals surface area contributed by atoms with E-state index in [-0.39, 0.29) is 18.9 Å². The lowest BCUT2D eigenvalue weighted by molar-refractivity contribution is -0.147. The van der Waals surface area contributed by atoms with E-state index in [1.165, 1.54) is 11.8 Å². The number of nitrogens with one attached hydrogen (secondary N) is 2. The number of hydrogen-bond donors (Lipinski definition) is 2. The molecule has 0 aliphatic heterocycles. The third kappa shape index (κ3) is 8.36. The molecule has 0 bridgehead atoms. The number of carbonyl (C=O) groups is 3. The van der Waals surface area contributed by atoms with Crippen LogP contribution < -0.4 is 15.4 Å². The zero-order valence-electron chi connectivity index (χ0n) is 15.4. The number of rotatable bonds is 10. The smallest absolute Gasteiger partial charge is 0.325 e. The van der Waals surface area contributed by atoms with Crippen LogP contribution in [0.1, 0.15) is 0 Å². The Morgan fingerprint density at radius 3 is 2.45 bits per heavy atom. The number of amides is 2. The fourth-order valence-electron chi connectivity index (χ4n) is 2.08. The Morgan fingerprint density at radius 1 is 0.966 bits per heavy atom. The Labute approximate surface area is 172 Å². The second kappa shape index (κ2) is 12.0. The van der Waals surface area contributed by atoms with Crippen molar-refractivity contribution in [1.82, 2.24) is 5.32 Å². The molecule has 2 aromatic rings. The third-order valence-corrected chi connectivity index (χ3v) is 4.30. The molecule has 0 fully saturated rings. The van der Waals surface area contributed by atoms with Gasteiger partial charge in [-0.2, -0.15) is 5.26 Å². The predicted molar refractivity (Wildman–Crippen MR) is 107 cm³/mol. The van der Waals surface area contributed by atoms with Crippen LogP contribution in [-0.4, -0.2) is 43.3 Å². The summed E-state index contributed by atoms with van der Waals surface area (Å²) in [5, 5.41) is 13.7. The van der Waals surface area contributed by atoms with Crippen molar-refractivity contribution < 1.29 is 23.9 Å². The molecule has 0 heterocycles. The topological polar surface area (TPSA) is 118 Å². The van der Waals surface area contributed by atoms with E-state index in [1.54, 1.807) is 48.5 Å². The van der Waals surface area contributed by atoms with Gasteiger partial charge in [-0.1, -0.05) is 30.3 Å². The number of para-hydroxylation sites is 2. The van der Waals surface area contributed by atoms with Gasteiger partial charge in [0.15, 0.2) is 13.2 Å². The minimum absolute atomic E-state index is 0.241. The summed E-state index contributed by atoms with van der Waals surface area (Å²) in [7, 11) is 0. The van der Waals surface area contributed by atoms with E-state index in [4.69, 9.17) is 14.7 Å². The van der Waals surface area contributed by atoms with Crippen molar-refractivity contribution >= 4 is 35.2 Å². The van der Waals surface area contributed by atoms with Gasteiger partial charge in [0.2, 0.25) is 0 Å². The number of thioether (sulfide) groups is 1. The summed E-state index contributed by atoms with van der Waals surface area (Å²) in [6, 6.07) is 17.8. The summed E-state index contributed by atoms with van der Waals surface area (Å²) in [6.45, 7) is -1.11. The minimum atomic E-state index is -0.750. The fraction of sp³-hybridized carbons (Fsp3) is 0.200. The lowest BCUT2D eigenvalue weighted by Crippen LogP contribution is -2.35. The average Bonchev–Trinajstić information content (AvgIpc) is 2.75. The molecular weight excluding hydrogens is 394 g/mol. The van der Waals surface area contributed by atoms with Gasteiger partial charge in [-0.25, -0.2) is 0 Å². The number of ether oxygens (including phenoxy) is 2. The maximum Gasteiger partial charge on any atom is 0.325 e. The van der Waals surface area contributed by atoms with Crippen molar-refractivity contribution in [2.24, 2.45) is 0 Å². The van der Waals surface area contributed by atoms with Crippen LogP contribution in [-0.2, 0) is 19.1 Å². The highest BCUT2D eigenvalue weighted by Crippen LogP contribution is 2.26. The second-order valence-corrected chi connectivity index (χ2v) is 6.55. The van der Waals surface area contributed by atoms with E-state index in [0.717, 1.165) is 4.90 Å². The lowest BCUT2D eigenvalue weighted by Gasteiger charge is -2.10. The van der Waals surface area contributed by atoms with Crippen LogP contribution in [0.3, 0.4) is 0 Å². The molecule has 29 heavy (non-hydrogen) atoms. The standard InChI is InChI=1S/C20H19N3O5S/c21-10-11-29-17-9-5-4-8-16(17)23-19(25)14-28-20(26)12-22-18(24)13-27-15-6-2-1-3-7-15/h1-9H,11-14H2,(H,22,24)(H,23,25). The fourth-order valence-corrected chi connectivity index (χ4v) is 2.75. The highest BCUT2D eigenvalue weighted by atomic mass is 32.2. The molecule has 0 saturated heterocycles. The van der Waals surface area contributed by atoms with Crippen LogP contribution >= 0.6 is 11.8 Å². The largest absolute Gasteiger partial charge is 0.484 e. The Morgan fingerprint density at radius 2 is 1.69 bits per heavy atom. The second-order valence-electron chi connectivity index (χ2n) is 5.53. The first-order chi connectivity index (χ1) is 14.1. The first-order valence-electron chi connectivity index (χ1n) is 8.57. The molecule has 0 saturated carbocycles. The molecule has 0 unspecified atom stereocenters. The molecule has 8 nitrogen and oxygen atoms in total. The predicted octanol–water partition coefficient (Wildman–Crippen LogP) is 1.98. The van der Waals surface area contributed by atoms with Crippen LogP contribution in [0.2, 0.25) is 0 Å². The maximum atomic E-state index is 12.0. The number of hydrogen-bond acceptors (Lipinski definition) is 7. The summed E-state index contributed by atoms with van der Waals surface area (Å²) < 4.78 is 10.1. The van der Waals surface area contributed by atoms with Crippen LogP contribution in [0.15, 0.2) is 59.5 Å². The van der Waals surface area contributed by atoms with Crippen molar-refractivity contribution in [3.63, 3.8) is 0 Å². The van der Waals surface area contributed by atoms with Crippen molar-refractivity contribution in [3.05, 3.63) is 54.6 Å². The van der Waals surface area contributed by atoms with Gasteiger partial charge in [0.05, 0.1) is 17.5 Å². The number of carbonyl (C=O) groups excluding carboxylic acids is 3. The van der Waals surface area contributed by atoms with Gasteiger partial charge in [-0.15, -0.1) is 11.8 Å². The highest BCUT2D eigenvalue weighted by molar-refractivity contribution is 7.99. The van der Waals surface area contributed by atoms with Crippen molar-refractivity contribution in [2.75, 3.05) is 30.8 Å². The van der Waals surface area contributed by atoms with Gasteiger partial charge >= 0.3 is 5.97 Å². The van der Waals surface area contributed by atoms with Gasteiger partial charge in [-0.3, -0.25) is 14.4 Å². The number of anilines is 1. The zero-order valence-corrected chi connectivity index (χ0v) is 16.2. The minimum Gasteiger partial charge on any atom is -0.484 e. The molecule has 0 atom stereocenters. The molecule has 2 rings (SSSR count). The average molecular weight is 413 g/mol. The Kier molecular flexibility index (Phi) is 9.05. The van der Waals surface area contributed by atoms with Crippen molar-refractivity contribution in [3.8, 4) is 11.8 Å². The monoisotopic (exact) mass is 413 g/mol. The molecular formula is C20H19N3O5S. The Balaban J connectivity index is 1.67. The van der Waals surface area contributed by atoms with E-state index in [0.29, 0.717) is 11.4 Å². The SMILES string of the molecule is N#CCSc1ccccc1NC(=O)COC(=O)CNC(=O)COc1ccccc1. The van der Waals surface area contributed by atoms with E-state index in [2.05, 4.69) is 10.6 Å². The van der Waals surface area contributed by atoms with Gasteiger partial charge in [0.25, 0.3) is 11.8 Å². The first-order valence-corrected chi connectivity index (χ1v) is 9.56. The lowest BCUT2D eigenvalue weighted by atomic mass is 10.3. The van der Waals surface area contributed by atoms with Crippen LogP contribution in [0.4, 0.5) is 5.69 Å². The van der Waals surface area contributed by atoms with Gasteiger partial charge in [-0.05, 0) is 24.3 Å². The molecule has 0 spiro atoms. The highest BCUT2D eigenvalue weighted by Gasteiger charge is 2.11. The summed E-state index contributed by atoms with van der Waals surface area (Å²) in [6.07, 6.45) is 0. The maximum absolute atomic E-state index is 12.0. The molecule has 2 N–H and O–H groups in total. The van der Waals surface area contributed by atoms with Gasteiger partial charge in [0.1, 0.15) is 12.3 Å². The first kappa shape index (κ1) is 21.8. The molecule has 0 radical (unpaired) electrons. The van der Waals surface area contributed by atoms with Crippen molar-refractivity contribution in [2.45, 2.75) is 4.90 Å². The summed E-state index contributed by atoms with van der Waals surface area (Å²) in [5.41, 5.74) is 0.528. The third-order valence-electron chi connectivity index (χ3n) is 3.36. The van der Waals surface area contributed by atoms with E-state index in [9.17, 15) is 14.4 Å². The Bertz CT molecular complexity index is 883. The summed E-state index contributed by atoms with van der Waals surface area (Å²) >= 11 is 1.28. The molecule has 2 aromatic carbocycles. The molecule has 0 aliphatic carbocycles. The molecule has 0 aliphatic rings. The quantitative estimate of drug-likeness (QED) is 0.452. The number of nitriles is 1. The van der Waals surface area contributed by atoms with Crippen molar-refractivity contribution in [1.29, 1.82) is 5.26 Å². The number of esters is 1. The summed E-state index contributed by atoms with van der Waals surface area (Å²) in [5.74, 6) is -0.980. The summed E-state index contributed by atoms with van der Waals surface area (Å²) in [4.78, 5) is 36.1. The van der Waals surface area contributed by atoms with Gasteiger partial charge in [0, 0.05) is 4.90 Å². The molecule has 0 aromatic heterocycles. The Hall–Kier alpha value is -3.51. The van der Waals surface area contributed by atoms with Crippen LogP contribution in [0.25, 0.3) is 0 Å². The molecule has 2 amide bonds. The van der Waals surface area contributed by atoms with Crippen LogP contribution in [0.5, 0.6) is 5.75 Å². The van der Waals surface area contributed by atoms with Gasteiger partial charge < -0.3 is 20.1 Å². The van der Waals surface area contributed by atoms with E-state index in [1.807, 2.05) is 12.1 Å².